The van der Waals surface area contributed by atoms with E-state index >= 15 is 0 Å². The van der Waals surface area contributed by atoms with E-state index < -0.39 is 5.97 Å². The third kappa shape index (κ3) is 2.52. The number of aromatic nitrogens is 2. The van der Waals surface area contributed by atoms with E-state index in [1.54, 1.807) is 10.9 Å². The molecule has 2 aliphatic rings. The second kappa shape index (κ2) is 5.44. The molecule has 6 nitrogen and oxygen atoms in total. The van der Waals surface area contributed by atoms with Crippen LogP contribution in [-0.2, 0) is 0 Å². The highest BCUT2D eigenvalue weighted by Gasteiger charge is 2.30. The summed E-state index contributed by atoms with van der Waals surface area (Å²) in [5, 5.41) is 13.8. The highest BCUT2D eigenvalue weighted by atomic mass is 16.5. The van der Waals surface area contributed by atoms with Crippen molar-refractivity contribution in [1.82, 2.24) is 14.7 Å². The number of carbonyl (C=O) groups is 1. The molecule has 1 unspecified atom stereocenters. The van der Waals surface area contributed by atoms with Gasteiger partial charge in [-0.3, -0.25) is 4.68 Å². The maximum absolute atomic E-state index is 11.6. The molecular formula is C14H21N3O3. The molecule has 0 radical (unpaired) electrons. The summed E-state index contributed by atoms with van der Waals surface area (Å²) in [6.07, 6.45) is 6.99. The number of ether oxygens (including phenoxy) is 1. The molecule has 0 spiro atoms. The predicted molar refractivity (Wildman–Crippen MR) is 73.2 cm³/mol. The molecule has 6 heteroatoms. The van der Waals surface area contributed by atoms with Crippen LogP contribution in [0.4, 0.5) is 0 Å². The Kier molecular flexibility index (Phi) is 3.65. The summed E-state index contributed by atoms with van der Waals surface area (Å²) in [6, 6.07) is 0.132. The zero-order chi connectivity index (χ0) is 14.1. The average Bonchev–Trinajstić information content (AvgIpc) is 3.09. The number of carboxylic acid groups (broad SMARTS) is 1. The van der Waals surface area contributed by atoms with Gasteiger partial charge >= 0.3 is 5.97 Å². The van der Waals surface area contributed by atoms with Crippen LogP contribution in [0.5, 0.6) is 5.75 Å². The van der Waals surface area contributed by atoms with Crippen molar-refractivity contribution in [3.63, 3.8) is 0 Å². The standard InChI is InChI=1S/C14H21N3O3/c1-16-7-6-10(9-16)17-13(14(18)19)12(8-15-17)20-11-4-2-3-5-11/h8,10-11H,2-7,9H2,1H3,(H,18,19). The van der Waals surface area contributed by atoms with Crippen LogP contribution in [-0.4, -0.2) is 52.0 Å². The van der Waals surface area contributed by atoms with Gasteiger partial charge in [-0.05, 0) is 45.7 Å². The Morgan fingerprint density at radius 1 is 1.40 bits per heavy atom. The van der Waals surface area contributed by atoms with Gasteiger partial charge in [-0.2, -0.15) is 5.10 Å². The zero-order valence-electron chi connectivity index (χ0n) is 11.8. The summed E-state index contributed by atoms with van der Waals surface area (Å²) < 4.78 is 7.49. The molecule has 1 aromatic heterocycles. The molecular weight excluding hydrogens is 258 g/mol. The van der Waals surface area contributed by atoms with E-state index in [2.05, 4.69) is 10.00 Å². The lowest BCUT2D eigenvalue weighted by Crippen LogP contribution is -2.21. The van der Waals surface area contributed by atoms with Crippen molar-refractivity contribution in [3.8, 4) is 5.75 Å². The van der Waals surface area contributed by atoms with Gasteiger partial charge < -0.3 is 14.7 Å². The lowest BCUT2D eigenvalue weighted by molar-refractivity contribution is 0.0672. The van der Waals surface area contributed by atoms with E-state index in [0.29, 0.717) is 5.75 Å². The van der Waals surface area contributed by atoms with Crippen LogP contribution in [0.2, 0.25) is 0 Å². The number of carboxylic acids is 1. The van der Waals surface area contributed by atoms with Gasteiger partial charge in [0.2, 0.25) is 0 Å². The molecule has 1 N–H and O–H groups in total. The van der Waals surface area contributed by atoms with Crippen LogP contribution in [0.15, 0.2) is 6.20 Å². The molecule has 0 aromatic carbocycles. The third-order valence-corrected chi connectivity index (χ3v) is 4.27. The summed E-state index contributed by atoms with van der Waals surface area (Å²) in [5.41, 5.74) is 0.206. The molecule has 0 amide bonds. The van der Waals surface area contributed by atoms with E-state index in [1.807, 2.05) is 7.05 Å². The fourth-order valence-corrected chi connectivity index (χ4v) is 3.21. The predicted octanol–water partition coefficient (Wildman–Crippen LogP) is 1.78. The SMILES string of the molecule is CN1CCC(n2ncc(OC3CCCC3)c2C(=O)O)C1. The summed E-state index contributed by atoms with van der Waals surface area (Å²) in [4.78, 5) is 13.8. The first kappa shape index (κ1) is 13.4. The fraction of sp³-hybridized carbons (Fsp3) is 0.714. The average molecular weight is 279 g/mol. The molecule has 1 aliphatic carbocycles. The van der Waals surface area contributed by atoms with Crippen molar-refractivity contribution >= 4 is 5.97 Å². The summed E-state index contributed by atoms with van der Waals surface area (Å²) >= 11 is 0. The number of nitrogens with zero attached hydrogens (tertiary/aromatic N) is 3. The van der Waals surface area contributed by atoms with Gasteiger partial charge in [0.25, 0.3) is 0 Å². The first-order valence-electron chi connectivity index (χ1n) is 7.31. The Hall–Kier alpha value is -1.56. The van der Waals surface area contributed by atoms with Crippen LogP contribution in [0, 0.1) is 0 Å². The molecule has 110 valence electrons. The molecule has 1 saturated carbocycles. The second-order valence-corrected chi connectivity index (χ2v) is 5.84. The quantitative estimate of drug-likeness (QED) is 0.910. The molecule has 1 atom stereocenters. The lowest BCUT2D eigenvalue weighted by atomic mass is 10.2. The Morgan fingerprint density at radius 2 is 2.15 bits per heavy atom. The monoisotopic (exact) mass is 279 g/mol. The van der Waals surface area contributed by atoms with E-state index in [9.17, 15) is 9.90 Å². The van der Waals surface area contributed by atoms with Crippen molar-refractivity contribution in [2.24, 2.45) is 0 Å². The van der Waals surface area contributed by atoms with E-state index in [4.69, 9.17) is 4.74 Å². The molecule has 0 bridgehead atoms. The molecule has 1 aliphatic heterocycles. The Labute approximate surface area is 118 Å². The van der Waals surface area contributed by atoms with Crippen molar-refractivity contribution in [2.75, 3.05) is 20.1 Å². The van der Waals surface area contributed by atoms with Crippen LogP contribution in [0.1, 0.15) is 48.6 Å². The minimum absolute atomic E-state index is 0.132. The maximum atomic E-state index is 11.6. The highest BCUT2D eigenvalue weighted by Crippen LogP contribution is 2.30. The number of rotatable bonds is 4. The highest BCUT2D eigenvalue weighted by molar-refractivity contribution is 5.88. The normalized spacial score (nSPS) is 24.4. The Bertz CT molecular complexity index is 494. The zero-order valence-corrected chi connectivity index (χ0v) is 11.8. The van der Waals surface area contributed by atoms with Crippen LogP contribution >= 0.6 is 0 Å². The van der Waals surface area contributed by atoms with Crippen LogP contribution < -0.4 is 4.74 Å². The van der Waals surface area contributed by atoms with Crippen molar-refractivity contribution in [1.29, 1.82) is 0 Å². The van der Waals surface area contributed by atoms with Gasteiger partial charge in [0.1, 0.15) is 0 Å². The molecule has 1 aromatic rings. The smallest absolute Gasteiger partial charge is 0.358 e. The van der Waals surface area contributed by atoms with E-state index in [-0.39, 0.29) is 17.8 Å². The molecule has 2 heterocycles. The molecule has 20 heavy (non-hydrogen) atoms. The van der Waals surface area contributed by atoms with Gasteiger partial charge in [0.05, 0.1) is 18.3 Å². The van der Waals surface area contributed by atoms with Gasteiger partial charge in [0, 0.05) is 6.54 Å². The van der Waals surface area contributed by atoms with Crippen molar-refractivity contribution in [3.05, 3.63) is 11.9 Å². The number of hydrogen-bond donors (Lipinski definition) is 1. The third-order valence-electron chi connectivity index (χ3n) is 4.27. The number of hydrogen-bond acceptors (Lipinski definition) is 4. The number of aromatic carboxylic acids is 1. The fourth-order valence-electron chi connectivity index (χ4n) is 3.21. The first-order chi connectivity index (χ1) is 9.65. The van der Waals surface area contributed by atoms with Crippen molar-refractivity contribution in [2.45, 2.75) is 44.2 Å². The minimum atomic E-state index is -0.954. The lowest BCUT2D eigenvalue weighted by Gasteiger charge is -2.15. The van der Waals surface area contributed by atoms with Gasteiger partial charge in [-0.15, -0.1) is 0 Å². The van der Waals surface area contributed by atoms with Gasteiger partial charge in [-0.25, -0.2) is 4.79 Å². The topological polar surface area (TPSA) is 67.6 Å². The maximum Gasteiger partial charge on any atom is 0.358 e. The van der Waals surface area contributed by atoms with Gasteiger partial charge in [0.15, 0.2) is 11.4 Å². The van der Waals surface area contributed by atoms with E-state index in [1.165, 1.54) is 0 Å². The number of likely N-dealkylation sites (tertiary alicyclic amines) is 1. The largest absolute Gasteiger partial charge is 0.486 e. The summed E-state index contributed by atoms with van der Waals surface area (Å²) in [6.45, 7) is 1.81. The van der Waals surface area contributed by atoms with E-state index in [0.717, 1.165) is 45.2 Å². The summed E-state index contributed by atoms with van der Waals surface area (Å²) in [5.74, 6) is -0.524. The second-order valence-electron chi connectivity index (χ2n) is 5.84. The van der Waals surface area contributed by atoms with Crippen molar-refractivity contribution < 1.29 is 14.6 Å². The molecule has 1 saturated heterocycles. The molecule has 3 rings (SSSR count). The minimum Gasteiger partial charge on any atom is -0.486 e. The number of likely N-dealkylation sites (N-methyl/N-ethyl adjacent to an activating group) is 1. The Morgan fingerprint density at radius 3 is 2.75 bits per heavy atom. The first-order valence-corrected chi connectivity index (χ1v) is 7.31. The van der Waals surface area contributed by atoms with Crippen LogP contribution in [0.3, 0.4) is 0 Å². The molecule has 2 fully saturated rings. The van der Waals surface area contributed by atoms with Crippen LogP contribution in [0.25, 0.3) is 0 Å². The van der Waals surface area contributed by atoms with Gasteiger partial charge in [-0.1, -0.05) is 0 Å². The summed E-state index contributed by atoms with van der Waals surface area (Å²) in [7, 11) is 2.04. The Balaban J connectivity index is 1.83.